The molecule has 3 nitrogen and oxygen atoms in total. The van der Waals surface area contributed by atoms with E-state index in [9.17, 15) is 4.79 Å². The van der Waals surface area contributed by atoms with Crippen molar-refractivity contribution in [1.29, 1.82) is 0 Å². The Morgan fingerprint density at radius 3 is 2.81 bits per heavy atom. The van der Waals surface area contributed by atoms with Crippen LogP contribution in [-0.2, 0) is 4.79 Å². The van der Waals surface area contributed by atoms with E-state index in [0.29, 0.717) is 10.8 Å². The van der Waals surface area contributed by atoms with E-state index in [1.165, 1.54) is 0 Å². The Balaban J connectivity index is 2.40. The largest absolute Gasteiger partial charge is 0.482 e. The van der Waals surface area contributed by atoms with E-state index in [-0.39, 0.29) is 18.6 Å². The number of para-hydroxylation sites is 1. The van der Waals surface area contributed by atoms with Gasteiger partial charge >= 0.3 is 0 Å². The number of carbonyl (C=O) groups is 1. The number of hydrogen-bond donors (Lipinski definition) is 1. The maximum absolute atomic E-state index is 11.4. The van der Waals surface area contributed by atoms with Gasteiger partial charge in [0, 0.05) is 6.04 Å². The summed E-state index contributed by atoms with van der Waals surface area (Å²) in [6, 6.07) is 7.26. The lowest BCUT2D eigenvalue weighted by atomic mass is 10.2. The minimum absolute atomic E-state index is 0.00588. The van der Waals surface area contributed by atoms with E-state index in [0.717, 1.165) is 6.42 Å². The molecule has 0 bridgehead atoms. The summed E-state index contributed by atoms with van der Waals surface area (Å²) in [5.74, 6) is 0.401. The molecular weight excluding hydrogens is 226 g/mol. The first-order valence-corrected chi connectivity index (χ1v) is 5.68. The van der Waals surface area contributed by atoms with Gasteiger partial charge in [-0.2, -0.15) is 0 Å². The molecule has 0 aliphatic carbocycles. The van der Waals surface area contributed by atoms with Crippen molar-refractivity contribution in [2.24, 2.45) is 0 Å². The molecule has 88 valence electrons. The van der Waals surface area contributed by atoms with Crippen molar-refractivity contribution in [1.82, 2.24) is 5.32 Å². The third kappa shape index (κ3) is 4.11. The van der Waals surface area contributed by atoms with Crippen LogP contribution in [0.15, 0.2) is 24.3 Å². The first kappa shape index (κ1) is 12.8. The van der Waals surface area contributed by atoms with Gasteiger partial charge in [0.05, 0.1) is 5.02 Å². The molecule has 1 aromatic carbocycles. The molecule has 0 unspecified atom stereocenters. The van der Waals surface area contributed by atoms with Gasteiger partial charge in [-0.1, -0.05) is 30.7 Å². The summed E-state index contributed by atoms with van der Waals surface area (Å²) in [5.41, 5.74) is 0. The second-order valence-corrected chi connectivity index (χ2v) is 4.00. The van der Waals surface area contributed by atoms with E-state index in [1.54, 1.807) is 12.1 Å². The van der Waals surface area contributed by atoms with E-state index in [4.69, 9.17) is 16.3 Å². The average Bonchev–Trinajstić information content (AvgIpc) is 2.28. The van der Waals surface area contributed by atoms with Crippen LogP contribution in [0.5, 0.6) is 5.75 Å². The van der Waals surface area contributed by atoms with E-state index in [1.807, 2.05) is 26.0 Å². The van der Waals surface area contributed by atoms with Gasteiger partial charge in [-0.05, 0) is 25.5 Å². The Morgan fingerprint density at radius 2 is 2.19 bits per heavy atom. The molecule has 0 heterocycles. The highest BCUT2D eigenvalue weighted by Crippen LogP contribution is 2.22. The maximum atomic E-state index is 11.4. The van der Waals surface area contributed by atoms with Crippen molar-refractivity contribution < 1.29 is 9.53 Å². The van der Waals surface area contributed by atoms with Crippen LogP contribution in [0, 0.1) is 0 Å². The normalized spacial score (nSPS) is 11.9. The lowest BCUT2D eigenvalue weighted by Crippen LogP contribution is -2.35. The number of amides is 1. The lowest BCUT2D eigenvalue weighted by Gasteiger charge is -2.12. The number of rotatable bonds is 5. The Labute approximate surface area is 101 Å². The van der Waals surface area contributed by atoms with Crippen molar-refractivity contribution in [3.05, 3.63) is 29.3 Å². The molecule has 0 aromatic heterocycles. The van der Waals surface area contributed by atoms with Crippen molar-refractivity contribution in [3.8, 4) is 5.75 Å². The van der Waals surface area contributed by atoms with Crippen LogP contribution in [-0.4, -0.2) is 18.6 Å². The van der Waals surface area contributed by atoms with Crippen molar-refractivity contribution in [3.63, 3.8) is 0 Å². The SMILES string of the molecule is CC[C@@H](C)NC(=O)COc1ccccc1Cl. The summed E-state index contributed by atoms with van der Waals surface area (Å²) in [7, 11) is 0. The minimum atomic E-state index is -0.130. The fourth-order valence-electron chi connectivity index (χ4n) is 1.12. The van der Waals surface area contributed by atoms with Crippen molar-refractivity contribution in [2.75, 3.05) is 6.61 Å². The highest BCUT2D eigenvalue weighted by Gasteiger charge is 2.07. The molecule has 0 radical (unpaired) electrons. The summed E-state index contributed by atoms with van der Waals surface area (Å²) >= 11 is 5.88. The first-order valence-electron chi connectivity index (χ1n) is 5.30. The van der Waals surface area contributed by atoms with Gasteiger partial charge in [0.15, 0.2) is 6.61 Å². The Hall–Kier alpha value is -1.22. The van der Waals surface area contributed by atoms with Crippen LogP contribution >= 0.6 is 11.6 Å². The second-order valence-electron chi connectivity index (χ2n) is 3.60. The molecule has 0 spiro atoms. The monoisotopic (exact) mass is 241 g/mol. The molecule has 0 aliphatic heterocycles. The molecule has 1 N–H and O–H groups in total. The van der Waals surface area contributed by atoms with Gasteiger partial charge in [0.25, 0.3) is 5.91 Å². The molecule has 1 amide bonds. The van der Waals surface area contributed by atoms with Crippen LogP contribution in [0.1, 0.15) is 20.3 Å². The summed E-state index contributed by atoms with van der Waals surface area (Å²) in [6.45, 7) is 3.96. The molecule has 16 heavy (non-hydrogen) atoms. The number of nitrogens with one attached hydrogen (secondary N) is 1. The van der Waals surface area contributed by atoms with Crippen LogP contribution in [0.4, 0.5) is 0 Å². The Bertz CT molecular complexity index is 355. The molecule has 0 saturated carbocycles. The molecule has 1 atom stereocenters. The summed E-state index contributed by atoms with van der Waals surface area (Å²) in [4.78, 5) is 11.4. The zero-order chi connectivity index (χ0) is 12.0. The van der Waals surface area contributed by atoms with Gasteiger partial charge in [0.1, 0.15) is 5.75 Å². The average molecular weight is 242 g/mol. The quantitative estimate of drug-likeness (QED) is 0.861. The molecule has 0 saturated heterocycles. The van der Waals surface area contributed by atoms with Gasteiger partial charge in [-0.15, -0.1) is 0 Å². The van der Waals surface area contributed by atoms with Crippen LogP contribution in [0.2, 0.25) is 5.02 Å². The zero-order valence-corrected chi connectivity index (χ0v) is 10.3. The van der Waals surface area contributed by atoms with E-state index >= 15 is 0 Å². The Kier molecular flexibility index (Phi) is 5.12. The topological polar surface area (TPSA) is 38.3 Å². The van der Waals surface area contributed by atoms with E-state index < -0.39 is 0 Å². The van der Waals surface area contributed by atoms with Crippen molar-refractivity contribution in [2.45, 2.75) is 26.3 Å². The van der Waals surface area contributed by atoms with Gasteiger partial charge in [-0.3, -0.25) is 4.79 Å². The summed E-state index contributed by atoms with van der Waals surface area (Å²) < 4.78 is 5.30. The molecule has 4 heteroatoms. The molecule has 0 fully saturated rings. The molecular formula is C12H16ClNO2. The number of carbonyl (C=O) groups excluding carboxylic acids is 1. The van der Waals surface area contributed by atoms with Gasteiger partial charge in [0.2, 0.25) is 0 Å². The van der Waals surface area contributed by atoms with Crippen LogP contribution < -0.4 is 10.1 Å². The first-order chi connectivity index (χ1) is 7.63. The lowest BCUT2D eigenvalue weighted by molar-refractivity contribution is -0.123. The summed E-state index contributed by atoms with van der Waals surface area (Å²) in [6.07, 6.45) is 0.901. The number of ether oxygens (including phenoxy) is 1. The maximum Gasteiger partial charge on any atom is 0.258 e. The predicted molar refractivity (Wildman–Crippen MR) is 64.8 cm³/mol. The van der Waals surface area contributed by atoms with E-state index in [2.05, 4.69) is 5.32 Å². The standard InChI is InChI=1S/C12H16ClNO2/c1-3-9(2)14-12(15)8-16-11-7-5-4-6-10(11)13/h4-7,9H,3,8H2,1-2H3,(H,14,15)/t9-/m1/s1. The third-order valence-corrected chi connectivity index (χ3v) is 2.53. The number of halogens is 1. The van der Waals surface area contributed by atoms with Gasteiger partial charge in [-0.25, -0.2) is 0 Å². The Morgan fingerprint density at radius 1 is 1.50 bits per heavy atom. The predicted octanol–water partition coefficient (Wildman–Crippen LogP) is 2.63. The summed E-state index contributed by atoms with van der Waals surface area (Å²) in [5, 5.41) is 3.33. The van der Waals surface area contributed by atoms with Crippen LogP contribution in [0.25, 0.3) is 0 Å². The highest BCUT2D eigenvalue weighted by atomic mass is 35.5. The molecule has 1 rings (SSSR count). The van der Waals surface area contributed by atoms with Crippen LogP contribution in [0.3, 0.4) is 0 Å². The molecule has 1 aromatic rings. The number of benzene rings is 1. The zero-order valence-electron chi connectivity index (χ0n) is 9.50. The number of hydrogen-bond acceptors (Lipinski definition) is 2. The fourth-order valence-corrected chi connectivity index (χ4v) is 1.31. The van der Waals surface area contributed by atoms with Gasteiger partial charge < -0.3 is 10.1 Å². The minimum Gasteiger partial charge on any atom is -0.482 e. The molecule has 0 aliphatic rings. The van der Waals surface area contributed by atoms with Crippen molar-refractivity contribution >= 4 is 17.5 Å². The highest BCUT2D eigenvalue weighted by molar-refractivity contribution is 6.32. The third-order valence-electron chi connectivity index (χ3n) is 2.22. The fraction of sp³-hybridized carbons (Fsp3) is 0.417. The second kappa shape index (κ2) is 6.38. The smallest absolute Gasteiger partial charge is 0.258 e.